The van der Waals surface area contributed by atoms with Crippen molar-refractivity contribution in [1.29, 1.82) is 0 Å². The highest BCUT2D eigenvalue weighted by atomic mass is 19.1. The first-order chi connectivity index (χ1) is 14.7. The Labute approximate surface area is 172 Å². The number of nitrogens with one attached hydrogen (secondary N) is 1. The van der Waals surface area contributed by atoms with Crippen LogP contribution in [0.25, 0.3) is 22.4 Å². The second-order valence-corrected chi connectivity index (χ2v) is 6.69. The van der Waals surface area contributed by atoms with E-state index < -0.39 is 11.7 Å². The number of carbonyl (C=O) groups excluding carboxylic acids is 1. The molecule has 0 saturated heterocycles. The summed E-state index contributed by atoms with van der Waals surface area (Å²) >= 11 is 0. The molecular formula is C23H19FN4O2. The average Bonchev–Trinajstić information content (AvgIpc) is 3.19. The number of benzene rings is 2. The first-order valence-electron chi connectivity index (χ1n) is 9.38. The Kier molecular flexibility index (Phi) is 5.63. The minimum Gasteiger partial charge on any atom is -0.337 e. The van der Waals surface area contributed by atoms with Crippen LogP contribution in [0, 0.1) is 5.82 Å². The van der Waals surface area contributed by atoms with Gasteiger partial charge in [-0.25, -0.2) is 4.39 Å². The molecular weight excluding hydrogens is 383 g/mol. The van der Waals surface area contributed by atoms with Crippen LogP contribution in [-0.4, -0.2) is 16.0 Å². The lowest BCUT2D eigenvalue weighted by Crippen LogP contribution is -2.15. The van der Waals surface area contributed by atoms with E-state index >= 15 is 0 Å². The maximum atomic E-state index is 13.9. The summed E-state index contributed by atoms with van der Waals surface area (Å²) in [6.07, 6.45) is 3.17. The molecule has 6 nitrogen and oxygen atoms in total. The van der Waals surface area contributed by atoms with E-state index in [2.05, 4.69) is 15.5 Å². The molecule has 2 heterocycles. The number of pyridine rings is 1. The fourth-order valence-corrected chi connectivity index (χ4v) is 3.19. The molecule has 0 saturated carbocycles. The van der Waals surface area contributed by atoms with Gasteiger partial charge in [0.1, 0.15) is 11.5 Å². The smallest absolute Gasteiger partial charge is 0.239 e. The first kappa shape index (κ1) is 19.5. The fraction of sp³-hybridized carbons (Fsp3) is 0.0870. The lowest BCUT2D eigenvalue weighted by molar-refractivity contribution is -0.115. The number of rotatable bonds is 6. The van der Waals surface area contributed by atoms with Crippen LogP contribution in [0.2, 0.25) is 0 Å². The fourth-order valence-electron chi connectivity index (χ4n) is 3.19. The predicted molar refractivity (Wildman–Crippen MR) is 112 cm³/mol. The van der Waals surface area contributed by atoms with Crippen molar-refractivity contribution in [3.05, 3.63) is 90.0 Å². The van der Waals surface area contributed by atoms with Crippen LogP contribution in [0.15, 0.2) is 77.6 Å². The highest BCUT2D eigenvalue weighted by molar-refractivity contribution is 5.97. The quantitative estimate of drug-likeness (QED) is 0.505. The second-order valence-electron chi connectivity index (χ2n) is 6.69. The molecule has 0 aliphatic heterocycles. The van der Waals surface area contributed by atoms with Crippen molar-refractivity contribution in [3.63, 3.8) is 0 Å². The van der Waals surface area contributed by atoms with E-state index in [0.29, 0.717) is 23.4 Å². The Morgan fingerprint density at radius 3 is 2.60 bits per heavy atom. The van der Waals surface area contributed by atoms with E-state index in [4.69, 9.17) is 10.3 Å². The molecule has 4 rings (SSSR count). The molecule has 0 atom stereocenters. The van der Waals surface area contributed by atoms with E-state index in [1.807, 2.05) is 24.3 Å². The summed E-state index contributed by atoms with van der Waals surface area (Å²) in [5, 5.41) is 6.91. The van der Waals surface area contributed by atoms with E-state index in [-0.39, 0.29) is 12.3 Å². The number of halogens is 1. The summed E-state index contributed by atoms with van der Waals surface area (Å²) in [7, 11) is 0. The Bertz CT molecular complexity index is 1170. The third kappa shape index (κ3) is 4.11. The molecule has 0 aliphatic carbocycles. The van der Waals surface area contributed by atoms with Gasteiger partial charge in [0.15, 0.2) is 0 Å². The summed E-state index contributed by atoms with van der Waals surface area (Å²) in [5.74, 6) is -0.650. The topological polar surface area (TPSA) is 94.0 Å². The number of carbonyl (C=O) groups is 1. The number of amides is 1. The summed E-state index contributed by atoms with van der Waals surface area (Å²) in [5.41, 5.74) is 9.78. The van der Waals surface area contributed by atoms with Crippen LogP contribution in [0.1, 0.15) is 11.1 Å². The van der Waals surface area contributed by atoms with Gasteiger partial charge < -0.3 is 10.3 Å². The maximum Gasteiger partial charge on any atom is 0.239 e. The van der Waals surface area contributed by atoms with Crippen LogP contribution in [0.5, 0.6) is 0 Å². The molecule has 0 bridgehead atoms. The zero-order valence-corrected chi connectivity index (χ0v) is 16.0. The number of hydrogen-bond acceptors (Lipinski definition) is 5. The van der Waals surface area contributed by atoms with Gasteiger partial charge in [0.2, 0.25) is 11.8 Å². The van der Waals surface area contributed by atoms with Crippen molar-refractivity contribution in [2.45, 2.75) is 13.0 Å². The zero-order valence-electron chi connectivity index (χ0n) is 16.0. The van der Waals surface area contributed by atoms with Crippen molar-refractivity contribution >= 4 is 11.8 Å². The second kappa shape index (κ2) is 8.67. The van der Waals surface area contributed by atoms with Crippen molar-refractivity contribution in [2.75, 3.05) is 5.32 Å². The molecule has 1 amide bonds. The minimum absolute atomic E-state index is 0.124. The Hall–Kier alpha value is -3.84. The Balaban J connectivity index is 1.70. The predicted octanol–water partition coefficient (Wildman–Crippen LogP) is 4.18. The third-order valence-corrected chi connectivity index (χ3v) is 4.66. The molecule has 30 heavy (non-hydrogen) atoms. The SMILES string of the molecule is NCc1cccc(-c2noc(NC(=O)Cc3ccccc3F)c2-c2ccncc2)c1. The van der Waals surface area contributed by atoms with Gasteiger partial charge in [-0.3, -0.25) is 15.1 Å². The van der Waals surface area contributed by atoms with Gasteiger partial charge in [-0.15, -0.1) is 0 Å². The van der Waals surface area contributed by atoms with Gasteiger partial charge in [-0.1, -0.05) is 41.6 Å². The van der Waals surface area contributed by atoms with Gasteiger partial charge in [0.05, 0.1) is 12.0 Å². The molecule has 2 aromatic carbocycles. The van der Waals surface area contributed by atoms with E-state index in [0.717, 1.165) is 16.7 Å². The van der Waals surface area contributed by atoms with E-state index in [1.54, 1.807) is 42.7 Å². The molecule has 0 fully saturated rings. The minimum atomic E-state index is -0.432. The van der Waals surface area contributed by atoms with Crippen molar-refractivity contribution in [2.24, 2.45) is 5.73 Å². The first-order valence-corrected chi connectivity index (χ1v) is 9.38. The molecule has 3 N–H and O–H groups in total. The molecule has 2 aromatic heterocycles. The van der Waals surface area contributed by atoms with Crippen LogP contribution in [0.4, 0.5) is 10.3 Å². The van der Waals surface area contributed by atoms with Crippen molar-refractivity contribution in [1.82, 2.24) is 10.1 Å². The molecule has 0 spiro atoms. The maximum absolute atomic E-state index is 13.9. The number of aromatic nitrogens is 2. The van der Waals surface area contributed by atoms with Crippen molar-refractivity contribution in [3.8, 4) is 22.4 Å². The number of hydrogen-bond donors (Lipinski definition) is 2. The average molecular weight is 402 g/mol. The third-order valence-electron chi connectivity index (χ3n) is 4.66. The molecule has 0 unspecified atom stereocenters. The van der Waals surface area contributed by atoms with Crippen LogP contribution < -0.4 is 11.1 Å². The largest absolute Gasteiger partial charge is 0.337 e. The number of nitrogens with zero attached hydrogens (tertiary/aromatic N) is 2. The lowest BCUT2D eigenvalue weighted by Gasteiger charge is -2.07. The highest BCUT2D eigenvalue weighted by Crippen LogP contribution is 2.37. The monoisotopic (exact) mass is 402 g/mol. The standard InChI is InChI=1S/C23H19FN4O2/c24-19-7-2-1-5-17(19)13-20(29)27-23-21(16-8-10-26-11-9-16)22(28-30-23)18-6-3-4-15(12-18)14-25/h1-12H,13-14,25H2,(H,27,29). The molecule has 0 radical (unpaired) electrons. The normalized spacial score (nSPS) is 10.7. The summed E-state index contributed by atoms with van der Waals surface area (Å²) in [4.78, 5) is 16.6. The summed E-state index contributed by atoms with van der Waals surface area (Å²) < 4.78 is 19.4. The summed E-state index contributed by atoms with van der Waals surface area (Å²) in [6.45, 7) is 0.391. The van der Waals surface area contributed by atoms with Gasteiger partial charge in [0, 0.05) is 24.5 Å². The van der Waals surface area contributed by atoms with E-state index in [1.165, 1.54) is 6.07 Å². The highest BCUT2D eigenvalue weighted by Gasteiger charge is 2.21. The number of anilines is 1. The Morgan fingerprint density at radius 1 is 1.03 bits per heavy atom. The zero-order chi connectivity index (χ0) is 20.9. The number of nitrogens with two attached hydrogens (primary N) is 1. The van der Waals surface area contributed by atoms with E-state index in [9.17, 15) is 9.18 Å². The van der Waals surface area contributed by atoms with Gasteiger partial charge >= 0.3 is 0 Å². The van der Waals surface area contributed by atoms with Gasteiger partial charge in [-0.2, -0.15) is 0 Å². The summed E-state index contributed by atoms with van der Waals surface area (Å²) in [6, 6.07) is 17.4. The molecule has 7 heteroatoms. The van der Waals surface area contributed by atoms with Gasteiger partial charge in [0.25, 0.3) is 0 Å². The molecule has 4 aromatic rings. The van der Waals surface area contributed by atoms with Crippen LogP contribution >= 0.6 is 0 Å². The molecule has 150 valence electrons. The van der Waals surface area contributed by atoms with Crippen LogP contribution in [-0.2, 0) is 17.8 Å². The van der Waals surface area contributed by atoms with Crippen LogP contribution in [0.3, 0.4) is 0 Å². The molecule has 0 aliphatic rings. The van der Waals surface area contributed by atoms with Gasteiger partial charge in [-0.05, 0) is 41.0 Å². The lowest BCUT2D eigenvalue weighted by atomic mass is 10.00. The van der Waals surface area contributed by atoms with Crippen molar-refractivity contribution < 1.29 is 13.7 Å². The Morgan fingerprint density at radius 2 is 1.83 bits per heavy atom.